The Kier molecular flexibility index (Phi) is 3.44. The number of nitrogens with one attached hydrogen (secondary N) is 1. The molecule has 1 saturated carbocycles. The van der Waals surface area contributed by atoms with E-state index in [9.17, 15) is 4.79 Å². The van der Waals surface area contributed by atoms with Gasteiger partial charge in [-0.15, -0.1) is 11.6 Å². The van der Waals surface area contributed by atoms with E-state index in [1.54, 1.807) is 12.4 Å². The van der Waals surface area contributed by atoms with E-state index in [2.05, 4.69) is 10.3 Å². The second-order valence-electron chi connectivity index (χ2n) is 4.31. The van der Waals surface area contributed by atoms with Gasteiger partial charge >= 0.3 is 0 Å². The van der Waals surface area contributed by atoms with Crippen molar-refractivity contribution in [2.45, 2.75) is 25.1 Å². The second kappa shape index (κ2) is 4.83. The molecule has 86 valence electrons. The third kappa shape index (κ3) is 2.95. The molecule has 3 nitrogen and oxygen atoms in total. The summed E-state index contributed by atoms with van der Waals surface area (Å²) in [5.41, 5.74) is 1.58. The lowest BCUT2D eigenvalue weighted by Gasteiger charge is -2.09. The van der Waals surface area contributed by atoms with Crippen molar-refractivity contribution in [3.63, 3.8) is 0 Å². The molecular weight excluding hydrogens is 224 g/mol. The van der Waals surface area contributed by atoms with Gasteiger partial charge in [0.2, 0.25) is 0 Å². The van der Waals surface area contributed by atoms with Crippen LogP contribution in [0.1, 0.15) is 28.8 Å². The summed E-state index contributed by atoms with van der Waals surface area (Å²) in [4.78, 5) is 15.7. The first-order valence-electron chi connectivity index (χ1n) is 5.51. The van der Waals surface area contributed by atoms with Gasteiger partial charge in [-0.25, -0.2) is 0 Å². The first-order chi connectivity index (χ1) is 7.66. The largest absolute Gasteiger partial charge is 0.350 e. The first-order valence-corrected chi connectivity index (χ1v) is 5.94. The third-order valence-corrected chi connectivity index (χ3v) is 3.24. The fourth-order valence-corrected chi connectivity index (χ4v) is 1.93. The van der Waals surface area contributed by atoms with Crippen LogP contribution in [0.4, 0.5) is 0 Å². The highest BCUT2D eigenvalue weighted by Gasteiger charge is 2.29. The molecule has 0 aliphatic heterocycles. The number of nitrogens with zero attached hydrogens (tertiary/aromatic N) is 1. The van der Waals surface area contributed by atoms with Crippen LogP contribution in [0.5, 0.6) is 0 Å². The number of rotatable bonds is 4. The molecule has 1 N–H and O–H groups in total. The molecule has 0 saturated heterocycles. The van der Waals surface area contributed by atoms with E-state index in [0.29, 0.717) is 18.0 Å². The summed E-state index contributed by atoms with van der Waals surface area (Å²) in [6.07, 6.45) is 5.68. The number of amides is 1. The molecule has 1 unspecified atom stereocenters. The number of alkyl halides is 1. The standard InChI is InChI=1S/C12H15ClN2O/c1-8-4-10(6-14-5-8)12(16)15-7-11(13)9-2-3-9/h4-6,9,11H,2-3,7H2,1H3,(H,15,16). The van der Waals surface area contributed by atoms with Crippen LogP contribution in [-0.2, 0) is 0 Å². The molecule has 1 aliphatic carbocycles. The van der Waals surface area contributed by atoms with Crippen molar-refractivity contribution in [1.82, 2.24) is 10.3 Å². The van der Waals surface area contributed by atoms with Gasteiger partial charge in [0.15, 0.2) is 0 Å². The molecule has 16 heavy (non-hydrogen) atoms. The number of aromatic nitrogens is 1. The Labute approximate surface area is 100 Å². The number of halogens is 1. The van der Waals surface area contributed by atoms with Crippen LogP contribution >= 0.6 is 11.6 Å². The van der Waals surface area contributed by atoms with Crippen LogP contribution in [0.25, 0.3) is 0 Å². The van der Waals surface area contributed by atoms with Gasteiger partial charge in [-0.05, 0) is 37.3 Å². The SMILES string of the molecule is Cc1cncc(C(=O)NCC(Cl)C2CC2)c1. The number of hydrogen-bond acceptors (Lipinski definition) is 2. The zero-order valence-electron chi connectivity index (χ0n) is 9.24. The predicted octanol–water partition coefficient (Wildman–Crippen LogP) is 2.14. The summed E-state index contributed by atoms with van der Waals surface area (Å²) in [5.74, 6) is 0.500. The Morgan fingerprint density at radius 3 is 3.00 bits per heavy atom. The molecular formula is C12H15ClN2O. The molecule has 0 aromatic carbocycles. The van der Waals surface area contributed by atoms with Crippen molar-refractivity contribution < 1.29 is 4.79 Å². The van der Waals surface area contributed by atoms with Gasteiger partial charge in [-0.1, -0.05) is 0 Å². The molecule has 0 bridgehead atoms. The highest BCUT2D eigenvalue weighted by atomic mass is 35.5. The van der Waals surface area contributed by atoms with Gasteiger partial charge in [0.05, 0.1) is 10.9 Å². The maximum absolute atomic E-state index is 11.7. The quantitative estimate of drug-likeness (QED) is 0.817. The summed E-state index contributed by atoms with van der Waals surface area (Å²) in [6, 6.07) is 1.82. The maximum atomic E-state index is 11.7. The third-order valence-electron chi connectivity index (χ3n) is 2.73. The molecule has 1 aliphatic rings. The van der Waals surface area contributed by atoms with E-state index in [-0.39, 0.29) is 11.3 Å². The zero-order valence-corrected chi connectivity index (χ0v) is 10.00. The van der Waals surface area contributed by atoms with E-state index >= 15 is 0 Å². The summed E-state index contributed by atoms with van der Waals surface area (Å²) in [7, 11) is 0. The molecule has 4 heteroatoms. The Morgan fingerprint density at radius 1 is 1.62 bits per heavy atom. The van der Waals surface area contributed by atoms with Gasteiger partial charge in [-0.3, -0.25) is 9.78 Å². The molecule has 1 amide bonds. The van der Waals surface area contributed by atoms with Gasteiger partial charge < -0.3 is 5.32 Å². The molecule has 1 heterocycles. The molecule has 1 aromatic rings. The number of carbonyl (C=O) groups excluding carboxylic acids is 1. The minimum absolute atomic E-state index is 0.0710. The van der Waals surface area contributed by atoms with Crippen molar-refractivity contribution >= 4 is 17.5 Å². The topological polar surface area (TPSA) is 42.0 Å². The average molecular weight is 239 g/mol. The fourth-order valence-electron chi connectivity index (χ4n) is 1.60. The average Bonchev–Trinajstić information content (AvgIpc) is 3.09. The molecule has 1 aromatic heterocycles. The van der Waals surface area contributed by atoms with E-state index in [1.807, 2.05) is 13.0 Å². The Balaban J connectivity index is 1.87. The lowest BCUT2D eigenvalue weighted by atomic mass is 10.2. The smallest absolute Gasteiger partial charge is 0.252 e. The van der Waals surface area contributed by atoms with Crippen molar-refractivity contribution in [3.05, 3.63) is 29.6 Å². The van der Waals surface area contributed by atoms with Gasteiger partial charge in [-0.2, -0.15) is 0 Å². The summed E-state index contributed by atoms with van der Waals surface area (Å²) < 4.78 is 0. The summed E-state index contributed by atoms with van der Waals surface area (Å²) >= 11 is 6.11. The van der Waals surface area contributed by atoms with Gasteiger partial charge in [0, 0.05) is 18.9 Å². The first kappa shape index (κ1) is 11.4. The zero-order chi connectivity index (χ0) is 11.5. The number of aryl methyl sites for hydroxylation is 1. The van der Waals surface area contributed by atoms with E-state index in [1.165, 1.54) is 12.8 Å². The summed E-state index contributed by atoms with van der Waals surface area (Å²) in [6.45, 7) is 2.46. The Hall–Kier alpha value is -1.09. The molecule has 1 fully saturated rings. The lowest BCUT2D eigenvalue weighted by molar-refractivity contribution is 0.0952. The van der Waals surface area contributed by atoms with E-state index in [4.69, 9.17) is 11.6 Å². The van der Waals surface area contributed by atoms with Crippen LogP contribution in [0.2, 0.25) is 0 Å². The molecule has 2 rings (SSSR count). The highest BCUT2D eigenvalue weighted by molar-refractivity contribution is 6.21. The van der Waals surface area contributed by atoms with Crippen LogP contribution < -0.4 is 5.32 Å². The predicted molar refractivity (Wildman–Crippen MR) is 63.7 cm³/mol. The molecule has 1 atom stereocenters. The minimum atomic E-state index is -0.0949. The second-order valence-corrected chi connectivity index (χ2v) is 4.87. The summed E-state index contributed by atoms with van der Waals surface area (Å²) in [5, 5.41) is 2.91. The molecule has 0 radical (unpaired) electrons. The van der Waals surface area contributed by atoms with Crippen molar-refractivity contribution in [2.75, 3.05) is 6.54 Å². The van der Waals surface area contributed by atoms with Gasteiger partial charge in [0.25, 0.3) is 5.91 Å². The maximum Gasteiger partial charge on any atom is 0.252 e. The van der Waals surface area contributed by atoms with E-state index in [0.717, 1.165) is 5.56 Å². The Bertz CT molecular complexity index is 390. The number of hydrogen-bond donors (Lipinski definition) is 1. The van der Waals surface area contributed by atoms with Crippen molar-refractivity contribution in [2.24, 2.45) is 5.92 Å². The van der Waals surface area contributed by atoms with Gasteiger partial charge in [0.1, 0.15) is 0 Å². The van der Waals surface area contributed by atoms with E-state index < -0.39 is 0 Å². The van der Waals surface area contributed by atoms with Crippen LogP contribution in [0, 0.1) is 12.8 Å². The minimum Gasteiger partial charge on any atom is -0.350 e. The Morgan fingerprint density at radius 2 is 2.38 bits per heavy atom. The monoisotopic (exact) mass is 238 g/mol. The fraction of sp³-hybridized carbons (Fsp3) is 0.500. The van der Waals surface area contributed by atoms with Crippen LogP contribution in [0.15, 0.2) is 18.5 Å². The highest BCUT2D eigenvalue weighted by Crippen LogP contribution is 2.35. The van der Waals surface area contributed by atoms with Crippen LogP contribution in [-0.4, -0.2) is 22.8 Å². The number of pyridine rings is 1. The van der Waals surface area contributed by atoms with Crippen molar-refractivity contribution in [1.29, 1.82) is 0 Å². The molecule has 0 spiro atoms. The normalized spacial score (nSPS) is 16.9. The van der Waals surface area contributed by atoms with Crippen molar-refractivity contribution in [3.8, 4) is 0 Å². The number of carbonyl (C=O) groups is 1. The lowest BCUT2D eigenvalue weighted by Crippen LogP contribution is -2.30. The van der Waals surface area contributed by atoms with Crippen LogP contribution in [0.3, 0.4) is 0 Å².